The van der Waals surface area contributed by atoms with Crippen LogP contribution in [0.25, 0.3) is 0 Å². The van der Waals surface area contributed by atoms with Gasteiger partial charge in [-0.15, -0.1) is 0 Å². The van der Waals surface area contributed by atoms with E-state index >= 15 is 0 Å². The van der Waals surface area contributed by atoms with E-state index in [0.717, 1.165) is 93.1 Å². The second-order valence-corrected chi connectivity index (χ2v) is 28.5. The van der Waals surface area contributed by atoms with Gasteiger partial charge in [0.15, 0.2) is 67.4 Å². The number of hydrogen-bond donors (Lipinski definition) is 0. The molecular formula is C68H94O24. The van der Waals surface area contributed by atoms with Gasteiger partial charge in [0.25, 0.3) is 0 Å². The fourth-order valence-corrected chi connectivity index (χ4v) is 16.8. The van der Waals surface area contributed by atoms with Crippen LogP contribution >= 0.6 is 0 Å². The lowest BCUT2D eigenvalue weighted by Crippen LogP contribution is -2.67. The Morgan fingerprint density at radius 2 is 1.14 bits per heavy atom. The Balaban J connectivity index is 1.03. The van der Waals surface area contributed by atoms with Crippen LogP contribution in [0.3, 0.4) is 0 Å². The van der Waals surface area contributed by atoms with E-state index in [0.29, 0.717) is 42.4 Å². The maximum Gasteiger partial charge on any atom is 0.338 e. The SMILES string of the molecule is CC(=O)OC[C@@H]1O[C@@H](O[C@H]2[C@H](OC(=O)C(C)(C)C)[C@@H](O[C@@H]3O[C@@H](C)[C@H](OC(C)=O)[C@@H](OC(C)=O)[C@H]3OC(C)=O)[C@H](O[C@H]3CC[C@@]4(C)C(=CC[C@H]5[C@@H]6C[C@@H]7O[C@]8(CC[C@@H](C)CO8)[C@@H](C)[C@@H]7[C@@]6(C)CC[C@@H]54)C3)O[C@@H]2COC(=O)c2ccccc2)[C@H](OC(C)=O)[C@H]1OC(C)=O. The summed E-state index contributed by atoms with van der Waals surface area (Å²) in [5.41, 5.74) is 0.0631. The average molecular weight is 1300 g/mol. The number of rotatable bonds is 17. The summed E-state index contributed by atoms with van der Waals surface area (Å²) in [6.07, 6.45) is -12.1. The number of benzene rings is 1. The zero-order chi connectivity index (χ0) is 66.5. The molecule has 9 aliphatic rings. The molecule has 3 saturated carbocycles. The predicted octanol–water partition coefficient (Wildman–Crippen LogP) is 7.74. The molecule has 0 unspecified atom stereocenters. The van der Waals surface area contributed by atoms with Gasteiger partial charge in [0.1, 0.15) is 31.5 Å². The van der Waals surface area contributed by atoms with E-state index in [9.17, 15) is 38.4 Å². The summed E-state index contributed by atoms with van der Waals surface area (Å²) in [5, 5.41) is 0. The Labute approximate surface area is 537 Å². The Morgan fingerprint density at radius 1 is 0.576 bits per heavy atom. The molecular weight excluding hydrogens is 1200 g/mol. The van der Waals surface area contributed by atoms with E-state index in [2.05, 4.69) is 33.8 Å². The first-order valence-corrected chi connectivity index (χ1v) is 32.8. The largest absolute Gasteiger partial charge is 0.463 e. The van der Waals surface area contributed by atoms with Gasteiger partial charge in [-0.25, -0.2) is 4.79 Å². The van der Waals surface area contributed by atoms with Gasteiger partial charge in [0.2, 0.25) is 0 Å². The second-order valence-electron chi connectivity index (χ2n) is 28.5. The third-order valence-electron chi connectivity index (χ3n) is 21.0. The van der Waals surface area contributed by atoms with Crippen molar-refractivity contribution in [3.05, 3.63) is 47.5 Å². The summed E-state index contributed by atoms with van der Waals surface area (Å²) in [5.74, 6) is -4.52. The van der Waals surface area contributed by atoms with Crippen LogP contribution in [-0.2, 0) is 109 Å². The first-order valence-electron chi connectivity index (χ1n) is 32.8. The highest BCUT2D eigenvalue weighted by Crippen LogP contribution is 2.71. The van der Waals surface area contributed by atoms with Crippen molar-refractivity contribution in [1.82, 2.24) is 0 Å². The summed E-state index contributed by atoms with van der Waals surface area (Å²) in [7, 11) is 0. The van der Waals surface area contributed by atoms with Crippen molar-refractivity contribution in [2.75, 3.05) is 19.8 Å². The van der Waals surface area contributed by atoms with Gasteiger partial charge < -0.3 is 75.8 Å². The summed E-state index contributed by atoms with van der Waals surface area (Å²) >= 11 is 0. The molecule has 25 atom stereocenters. The predicted molar refractivity (Wildman–Crippen MR) is 318 cm³/mol. The first-order chi connectivity index (χ1) is 43.4. The van der Waals surface area contributed by atoms with Crippen molar-refractivity contribution in [3.63, 3.8) is 0 Å². The molecule has 510 valence electrons. The minimum atomic E-state index is -1.76. The maximum atomic E-state index is 14.8. The third-order valence-corrected chi connectivity index (χ3v) is 21.0. The van der Waals surface area contributed by atoms with E-state index in [4.69, 9.17) is 75.8 Å². The standard InChI is InChI=1S/C68H94O24/c1-33-22-27-68(79-30-33)34(2)51-48(92-68)29-47-45-21-20-43-28-44(23-25-66(43,13)46(45)24-26-67(47,51)14)86-62-59(90-61-58(85-41(9)74)55(83-39(7)72)52(35(3)80-61)81-37(5)70)56(91-64(76)65(10,11)12)53(50(87-62)32-78-60(75)42-18-16-15-17-19-42)89-63-57(84-40(8)73)54(82-38(6)71)49(88-63)31-77-36(4)69/h15-20,33-35,44-59,61-63H,21-32H2,1-14H3/t33-,34+,35+,44+,45-,46+,47+,48+,49+,50-,51+,52+,53-,54+,55-,56+,57-,58-,59-,61+,62-,63+,66+,67+,68-/m1/s1. The quantitative estimate of drug-likeness (QED) is 0.0818. The van der Waals surface area contributed by atoms with E-state index < -0.39 is 164 Å². The molecule has 1 aromatic carbocycles. The van der Waals surface area contributed by atoms with Crippen LogP contribution < -0.4 is 0 Å². The van der Waals surface area contributed by atoms with Crippen LogP contribution in [0.2, 0.25) is 0 Å². The number of ether oxygens (including phenoxy) is 16. The van der Waals surface area contributed by atoms with Crippen LogP contribution in [-0.4, -0.2) is 172 Å². The Hall–Kier alpha value is -5.60. The molecule has 4 aliphatic carbocycles. The normalized spacial score (nSPS) is 41.3. The zero-order valence-electron chi connectivity index (χ0n) is 55.4. The van der Waals surface area contributed by atoms with Gasteiger partial charge in [-0.05, 0) is 132 Å². The first kappa shape index (κ1) is 69.2. The van der Waals surface area contributed by atoms with Gasteiger partial charge in [-0.1, -0.05) is 57.5 Å². The molecule has 1 aromatic rings. The van der Waals surface area contributed by atoms with Gasteiger partial charge in [0.05, 0.1) is 35.9 Å². The third kappa shape index (κ3) is 14.3. The van der Waals surface area contributed by atoms with Crippen molar-refractivity contribution in [3.8, 4) is 0 Å². The molecule has 0 radical (unpaired) electrons. The fraction of sp³-hybridized carbons (Fsp3) is 0.765. The van der Waals surface area contributed by atoms with E-state index in [1.807, 2.05) is 0 Å². The molecule has 0 bridgehead atoms. The van der Waals surface area contributed by atoms with Gasteiger partial charge in [-0.3, -0.25) is 33.6 Å². The highest BCUT2D eigenvalue weighted by atomic mass is 16.8. The lowest BCUT2D eigenvalue weighted by molar-refractivity contribution is -0.381. The molecule has 92 heavy (non-hydrogen) atoms. The van der Waals surface area contributed by atoms with Crippen LogP contribution in [0.1, 0.15) is 165 Å². The van der Waals surface area contributed by atoms with E-state index in [1.54, 1.807) is 51.1 Å². The molecule has 0 amide bonds. The van der Waals surface area contributed by atoms with Crippen LogP contribution in [0.5, 0.6) is 0 Å². The summed E-state index contributed by atoms with van der Waals surface area (Å²) in [6.45, 7) is 22.2. The van der Waals surface area contributed by atoms with Crippen molar-refractivity contribution in [1.29, 1.82) is 0 Å². The zero-order valence-corrected chi connectivity index (χ0v) is 55.4. The number of hydrogen-bond acceptors (Lipinski definition) is 24. The van der Waals surface area contributed by atoms with Crippen LogP contribution in [0.4, 0.5) is 0 Å². The van der Waals surface area contributed by atoms with Crippen molar-refractivity contribution in [2.24, 2.45) is 51.8 Å². The summed E-state index contributed by atoms with van der Waals surface area (Å²) in [6, 6.07) is 8.14. The topological polar surface area (TPSA) is 284 Å². The summed E-state index contributed by atoms with van der Waals surface area (Å²) < 4.78 is 102. The molecule has 0 aromatic heterocycles. The Bertz CT molecular complexity index is 2920. The lowest BCUT2D eigenvalue weighted by Gasteiger charge is -2.59. The highest BCUT2D eigenvalue weighted by Gasteiger charge is 2.69. The minimum absolute atomic E-state index is 0.0891. The number of fused-ring (bicyclic) bond motifs is 7. The molecule has 5 aliphatic heterocycles. The van der Waals surface area contributed by atoms with Crippen LogP contribution in [0, 0.1) is 51.8 Å². The number of carbonyl (C=O) groups excluding carboxylic acids is 8. The fourth-order valence-electron chi connectivity index (χ4n) is 16.8. The molecule has 24 nitrogen and oxygen atoms in total. The Morgan fingerprint density at radius 3 is 1.76 bits per heavy atom. The molecule has 10 rings (SSSR count). The maximum absolute atomic E-state index is 14.8. The van der Waals surface area contributed by atoms with Crippen molar-refractivity contribution in [2.45, 2.75) is 259 Å². The smallest absolute Gasteiger partial charge is 0.338 e. The van der Waals surface area contributed by atoms with Crippen molar-refractivity contribution < 1.29 is 114 Å². The lowest BCUT2D eigenvalue weighted by atomic mass is 9.47. The molecule has 24 heteroatoms. The summed E-state index contributed by atoms with van der Waals surface area (Å²) in [4.78, 5) is 106. The van der Waals surface area contributed by atoms with E-state index in [-0.39, 0.29) is 28.4 Å². The Kier molecular flexibility index (Phi) is 20.8. The second kappa shape index (κ2) is 27.6. The monoisotopic (exact) mass is 1290 g/mol. The van der Waals surface area contributed by atoms with Crippen LogP contribution in [0.15, 0.2) is 42.0 Å². The molecule has 1 spiro atoms. The van der Waals surface area contributed by atoms with Gasteiger partial charge in [-0.2, -0.15) is 0 Å². The highest BCUT2D eigenvalue weighted by molar-refractivity contribution is 5.89. The van der Waals surface area contributed by atoms with Gasteiger partial charge >= 0.3 is 47.8 Å². The minimum Gasteiger partial charge on any atom is -0.463 e. The molecule has 5 heterocycles. The number of esters is 8. The van der Waals surface area contributed by atoms with E-state index in [1.165, 1.54) is 12.5 Å². The average Bonchev–Trinajstić information content (AvgIpc) is 1.50. The van der Waals surface area contributed by atoms with Gasteiger partial charge in [0, 0.05) is 53.9 Å². The molecule has 8 fully saturated rings. The molecule has 5 saturated heterocycles. The molecule has 0 N–H and O–H groups in total. The number of carbonyl (C=O) groups is 8. The number of allylic oxidation sites excluding steroid dienone is 1. The van der Waals surface area contributed by atoms with Crippen molar-refractivity contribution >= 4 is 47.8 Å².